The van der Waals surface area contributed by atoms with Gasteiger partial charge in [0, 0.05) is 10.4 Å². The van der Waals surface area contributed by atoms with Crippen LogP contribution < -0.4 is 19.9 Å². The van der Waals surface area contributed by atoms with Gasteiger partial charge in [-0.3, -0.25) is 4.79 Å². The van der Waals surface area contributed by atoms with E-state index in [1.807, 2.05) is 12.1 Å². The van der Waals surface area contributed by atoms with Crippen molar-refractivity contribution in [2.45, 2.75) is 45.7 Å². The summed E-state index contributed by atoms with van der Waals surface area (Å²) >= 11 is 1.71. The van der Waals surface area contributed by atoms with Crippen LogP contribution in [0.5, 0.6) is 11.5 Å². The molecule has 1 unspecified atom stereocenters. The molecule has 2 aromatic heterocycles. The molecule has 7 heteroatoms. The maximum atomic E-state index is 12.9. The SMILES string of the molecule is C[C@H]1CCc2c(sc3nc([C@@H](C)[NH+](C)Cc4ccc5c(c4)OCO5)[nH]c(=O)c23)C1. The second-order valence-electron chi connectivity index (χ2n) is 8.42. The van der Waals surface area contributed by atoms with Crippen LogP contribution in [0.25, 0.3) is 10.2 Å². The molecule has 0 spiro atoms. The van der Waals surface area contributed by atoms with Crippen molar-refractivity contribution < 1.29 is 14.4 Å². The molecule has 3 heterocycles. The summed E-state index contributed by atoms with van der Waals surface area (Å²) in [5.41, 5.74) is 2.42. The number of hydrogen-bond donors (Lipinski definition) is 2. The smallest absolute Gasteiger partial charge is 0.260 e. The fourth-order valence-electron chi connectivity index (χ4n) is 4.33. The van der Waals surface area contributed by atoms with Gasteiger partial charge < -0.3 is 19.4 Å². The predicted octanol–water partition coefficient (Wildman–Crippen LogP) is 2.61. The van der Waals surface area contributed by atoms with Crippen molar-refractivity contribution in [1.29, 1.82) is 0 Å². The minimum atomic E-state index is 0.0137. The summed E-state index contributed by atoms with van der Waals surface area (Å²) < 4.78 is 10.9. The monoisotopic (exact) mass is 412 g/mol. The summed E-state index contributed by atoms with van der Waals surface area (Å²) in [4.78, 5) is 24.4. The van der Waals surface area contributed by atoms with E-state index in [2.05, 4.69) is 31.9 Å². The van der Waals surface area contributed by atoms with Crippen molar-refractivity contribution >= 4 is 21.6 Å². The highest BCUT2D eigenvalue weighted by atomic mass is 32.1. The zero-order valence-corrected chi connectivity index (χ0v) is 17.8. The fourth-order valence-corrected chi connectivity index (χ4v) is 5.72. The van der Waals surface area contributed by atoms with Gasteiger partial charge in [0.15, 0.2) is 17.3 Å². The van der Waals surface area contributed by atoms with E-state index in [1.165, 1.54) is 20.9 Å². The van der Waals surface area contributed by atoms with Crippen LogP contribution >= 0.6 is 11.3 Å². The lowest BCUT2D eigenvalue weighted by molar-refractivity contribution is -0.924. The van der Waals surface area contributed by atoms with E-state index in [1.54, 1.807) is 11.3 Å². The molecule has 152 valence electrons. The summed E-state index contributed by atoms with van der Waals surface area (Å²) in [5.74, 6) is 3.04. The van der Waals surface area contributed by atoms with Crippen LogP contribution in [0.1, 0.15) is 48.1 Å². The van der Waals surface area contributed by atoms with Crippen LogP contribution in [0, 0.1) is 5.92 Å². The second kappa shape index (κ2) is 7.15. The Balaban J connectivity index is 1.41. The van der Waals surface area contributed by atoms with Crippen molar-refractivity contribution in [2.24, 2.45) is 5.92 Å². The van der Waals surface area contributed by atoms with E-state index in [0.29, 0.717) is 5.92 Å². The molecule has 0 saturated heterocycles. The maximum Gasteiger partial charge on any atom is 0.260 e. The Kier molecular flexibility index (Phi) is 4.59. The molecule has 0 bridgehead atoms. The van der Waals surface area contributed by atoms with Crippen LogP contribution in [-0.4, -0.2) is 23.8 Å². The van der Waals surface area contributed by atoms with Gasteiger partial charge in [-0.15, -0.1) is 11.3 Å². The average Bonchev–Trinajstić information content (AvgIpc) is 3.30. The van der Waals surface area contributed by atoms with Crippen LogP contribution in [0.4, 0.5) is 0 Å². The number of thiophene rings is 1. The average molecular weight is 413 g/mol. The van der Waals surface area contributed by atoms with E-state index in [9.17, 15) is 4.79 Å². The third-order valence-electron chi connectivity index (χ3n) is 6.25. The molecule has 0 fully saturated rings. The standard InChI is InChI=1S/C22H25N3O3S/c1-12-4-6-15-18(8-12)29-22-19(15)21(26)23-20(24-22)13(2)25(3)10-14-5-7-16-17(9-14)28-11-27-16/h5,7,9,12-13H,4,6,8,10-11H2,1-3H3,(H,23,24,26)/p+1/t12-,13+/m0/s1. The number of nitrogens with one attached hydrogen (secondary N) is 2. The first-order chi connectivity index (χ1) is 14.0. The highest BCUT2D eigenvalue weighted by Gasteiger charge is 2.26. The number of hydrogen-bond acceptors (Lipinski definition) is 5. The van der Waals surface area contributed by atoms with Crippen LogP contribution in [-0.2, 0) is 19.4 Å². The van der Waals surface area contributed by atoms with E-state index < -0.39 is 0 Å². The summed E-state index contributed by atoms with van der Waals surface area (Å²) in [6, 6.07) is 6.12. The topological polar surface area (TPSA) is 68.7 Å². The number of aromatic amines is 1. The van der Waals surface area contributed by atoms with Gasteiger partial charge in [-0.2, -0.15) is 0 Å². The first-order valence-electron chi connectivity index (χ1n) is 10.2. The zero-order valence-electron chi connectivity index (χ0n) is 17.0. The van der Waals surface area contributed by atoms with Crippen molar-refractivity contribution in [3.05, 3.63) is 50.4 Å². The maximum absolute atomic E-state index is 12.9. The number of quaternary nitrogens is 1. The summed E-state index contributed by atoms with van der Waals surface area (Å²) in [5, 5.41) is 0.821. The molecule has 0 radical (unpaired) electrons. The van der Waals surface area contributed by atoms with Gasteiger partial charge in [0.25, 0.3) is 5.56 Å². The Morgan fingerprint density at radius 2 is 2.17 bits per heavy atom. The van der Waals surface area contributed by atoms with E-state index in [-0.39, 0.29) is 18.4 Å². The molecule has 1 aromatic carbocycles. The van der Waals surface area contributed by atoms with Crippen LogP contribution in [0.15, 0.2) is 23.0 Å². The lowest BCUT2D eigenvalue weighted by Gasteiger charge is -2.21. The molecular formula is C22H26N3O3S+. The molecular weight excluding hydrogens is 386 g/mol. The molecule has 29 heavy (non-hydrogen) atoms. The minimum absolute atomic E-state index is 0.0137. The van der Waals surface area contributed by atoms with Crippen molar-refractivity contribution in [2.75, 3.05) is 13.8 Å². The number of rotatable bonds is 4. The number of fused-ring (bicyclic) bond motifs is 4. The zero-order chi connectivity index (χ0) is 20.1. The largest absolute Gasteiger partial charge is 0.454 e. The van der Waals surface area contributed by atoms with Gasteiger partial charge in [0.05, 0.1) is 12.4 Å². The summed E-state index contributed by atoms with van der Waals surface area (Å²) in [7, 11) is 2.13. The van der Waals surface area contributed by atoms with Crippen LogP contribution in [0.2, 0.25) is 0 Å². The Morgan fingerprint density at radius 3 is 3.03 bits per heavy atom. The first-order valence-corrected chi connectivity index (χ1v) is 11.1. The molecule has 3 atom stereocenters. The molecule has 5 rings (SSSR count). The fraction of sp³-hybridized carbons (Fsp3) is 0.455. The molecule has 1 aliphatic carbocycles. The number of aromatic nitrogens is 2. The van der Waals surface area contributed by atoms with E-state index in [4.69, 9.17) is 14.5 Å². The third kappa shape index (κ3) is 3.32. The minimum Gasteiger partial charge on any atom is -0.454 e. The van der Waals surface area contributed by atoms with Gasteiger partial charge in [-0.05, 0) is 55.9 Å². The third-order valence-corrected chi connectivity index (χ3v) is 7.40. The van der Waals surface area contributed by atoms with Gasteiger partial charge in [0.1, 0.15) is 17.4 Å². The van der Waals surface area contributed by atoms with Gasteiger partial charge >= 0.3 is 0 Å². The van der Waals surface area contributed by atoms with E-state index in [0.717, 1.165) is 53.3 Å². The van der Waals surface area contributed by atoms with E-state index >= 15 is 0 Å². The van der Waals surface area contributed by atoms with Crippen molar-refractivity contribution in [3.63, 3.8) is 0 Å². The normalized spacial score (nSPS) is 19.9. The molecule has 3 aromatic rings. The molecule has 1 aliphatic heterocycles. The quantitative estimate of drug-likeness (QED) is 0.691. The van der Waals surface area contributed by atoms with Gasteiger partial charge in [0.2, 0.25) is 6.79 Å². The number of H-pyrrole nitrogens is 1. The lowest BCUT2D eigenvalue weighted by Crippen LogP contribution is -3.07. The summed E-state index contributed by atoms with van der Waals surface area (Å²) in [6.45, 7) is 5.49. The highest BCUT2D eigenvalue weighted by molar-refractivity contribution is 7.18. The Hall–Kier alpha value is -2.38. The predicted molar refractivity (Wildman–Crippen MR) is 113 cm³/mol. The Morgan fingerprint density at radius 1 is 1.34 bits per heavy atom. The number of aryl methyl sites for hydroxylation is 1. The first kappa shape index (κ1) is 18.6. The molecule has 6 nitrogen and oxygen atoms in total. The molecule has 0 saturated carbocycles. The lowest BCUT2D eigenvalue weighted by atomic mass is 9.89. The number of benzene rings is 1. The van der Waals surface area contributed by atoms with Gasteiger partial charge in [-0.25, -0.2) is 4.98 Å². The Labute approximate surface area is 173 Å². The van der Waals surface area contributed by atoms with Crippen LogP contribution in [0.3, 0.4) is 0 Å². The summed E-state index contributed by atoms with van der Waals surface area (Å²) in [6.07, 6.45) is 3.21. The molecule has 2 N–H and O–H groups in total. The van der Waals surface area contributed by atoms with Gasteiger partial charge in [-0.1, -0.05) is 6.92 Å². The molecule has 2 aliphatic rings. The second-order valence-corrected chi connectivity index (χ2v) is 9.50. The Bertz CT molecular complexity index is 1140. The highest BCUT2D eigenvalue weighted by Crippen LogP contribution is 2.36. The van der Waals surface area contributed by atoms with Crippen molar-refractivity contribution in [3.8, 4) is 11.5 Å². The van der Waals surface area contributed by atoms with Crippen molar-refractivity contribution in [1.82, 2.24) is 9.97 Å². The molecule has 0 amide bonds. The number of ether oxygens (including phenoxy) is 2. The number of nitrogens with zero attached hydrogens (tertiary/aromatic N) is 1.